The van der Waals surface area contributed by atoms with Gasteiger partial charge in [0.25, 0.3) is 0 Å². The quantitative estimate of drug-likeness (QED) is 0.349. The number of rotatable bonds is 10. The first-order valence-electron chi connectivity index (χ1n) is 6.79. The third kappa shape index (κ3) is 11.2. The molecule has 0 atom stereocenters. The van der Waals surface area contributed by atoms with Gasteiger partial charge < -0.3 is 15.4 Å². The number of nitrogens with one attached hydrogen (secondary N) is 2. The SMILES string of the molecule is CCCCCNC(=O)CC(=O)NCCC(=O)OCC. The standard InChI is InChI=1S/C13H24N2O4/c1-3-5-6-8-14-11(16)10-12(17)15-9-7-13(18)19-4-2/h3-10H2,1-2H3,(H,14,16)(H,15,17). The lowest BCUT2D eigenvalue weighted by Crippen LogP contribution is -2.33. The fraction of sp³-hybridized carbons (Fsp3) is 0.769. The lowest BCUT2D eigenvalue weighted by molar-refractivity contribution is -0.143. The van der Waals surface area contributed by atoms with E-state index in [1.807, 2.05) is 0 Å². The zero-order valence-corrected chi connectivity index (χ0v) is 11.8. The van der Waals surface area contributed by atoms with Gasteiger partial charge in [0.1, 0.15) is 6.42 Å². The molecule has 0 aromatic heterocycles. The van der Waals surface area contributed by atoms with Gasteiger partial charge in [-0.25, -0.2) is 0 Å². The summed E-state index contributed by atoms with van der Waals surface area (Å²) in [5, 5.41) is 5.18. The fourth-order valence-corrected chi connectivity index (χ4v) is 1.41. The van der Waals surface area contributed by atoms with Crippen LogP contribution in [-0.2, 0) is 19.1 Å². The third-order valence-corrected chi connectivity index (χ3v) is 2.38. The van der Waals surface area contributed by atoms with E-state index in [4.69, 9.17) is 4.74 Å². The van der Waals surface area contributed by atoms with E-state index in [2.05, 4.69) is 17.6 Å². The van der Waals surface area contributed by atoms with Gasteiger partial charge in [-0.3, -0.25) is 14.4 Å². The van der Waals surface area contributed by atoms with Gasteiger partial charge >= 0.3 is 5.97 Å². The summed E-state index contributed by atoms with van der Waals surface area (Å²) in [6.45, 7) is 4.93. The van der Waals surface area contributed by atoms with Gasteiger partial charge in [0.15, 0.2) is 0 Å². The summed E-state index contributed by atoms with van der Waals surface area (Å²) in [6, 6.07) is 0. The number of amides is 2. The highest BCUT2D eigenvalue weighted by Gasteiger charge is 2.09. The van der Waals surface area contributed by atoms with Crippen molar-refractivity contribution in [3.05, 3.63) is 0 Å². The van der Waals surface area contributed by atoms with Crippen LogP contribution in [0.1, 0.15) is 46.0 Å². The van der Waals surface area contributed by atoms with Crippen LogP contribution >= 0.6 is 0 Å². The van der Waals surface area contributed by atoms with Gasteiger partial charge in [-0.1, -0.05) is 19.8 Å². The monoisotopic (exact) mass is 272 g/mol. The lowest BCUT2D eigenvalue weighted by Gasteiger charge is -2.06. The first-order valence-corrected chi connectivity index (χ1v) is 6.79. The molecule has 0 aromatic rings. The summed E-state index contributed by atoms with van der Waals surface area (Å²) in [7, 11) is 0. The van der Waals surface area contributed by atoms with Gasteiger partial charge in [-0.15, -0.1) is 0 Å². The molecule has 0 radical (unpaired) electrons. The highest BCUT2D eigenvalue weighted by Crippen LogP contribution is 1.92. The molecular formula is C13H24N2O4. The highest BCUT2D eigenvalue weighted by atomic mass is 16.5. The van der Waals surface area contributed by atoms with Crippen LogP contribution in [0.4, 0.5) is 0 Å². The number of carbonyl (C=O) groups excluding carboxylic acids is 3. The summed E-state index contributed by atoms with van der Waals surface area (Å²) in [5.74, 6) is -1.02. The zero-order chi connectivity index (χ0) is 14.5. The van der Waals surface area contributed by atoms with Gasteiger partial charge in [-0.05, 0) is 13.3 Å². The van der Waals surface area contributed by atoms with E-state index in [9.17, 15) is 14.4 Å². The second-order valence-electron chi connectivity index (χ2n) is 4.14. The lowest BCUT2D eigenvalue weighted by atomic mass is 10.2. The number of ether oxygens (including phenoxy) is 1. The Morgan fingerprint density at radius 2 is 1.58 bits per heavy atom. The Labute approximate surface area is 114 Å². The molecule has 110 valence electrons. The van der Waals surface area contributed by atoms with Crippen molar-refractivity contribution in [3.8, 4) is 0 Å². The molecule has 0 bridgehead atoms. The molecule has 0 spiro atoms. The van der Waals surface area contributed by atoms with Crippen LogP contribution in [0, 0.1) is 0 Å². The molecule has 0 saturated carbocycles. The predicted octanol–water partition coefficient (Wildman–Crippen LogP) is 0.752. The largest absolute Gasteiger partial charge is 0.466 e. The molecule has 6 heteroatoms. The maximum Gasteiger partial charge on any atom is 0.307 e. The Morgan fingerprint density at radius 3 is 2.16 bits per heavy atom. The van der Waals surface area contributed by atoms with Crippen LogP contribution < -0.4 is 10.6 Å². The average molecular weight is 272 g/mol. The summed E-state index contributed by atoms with van der Waals surface area (Å²) in [6.07, 6.45) is 3.00. The van der Waals surface area contributed by atoms with Crippen LogP contribution in [0.5, 0.6) is 0 Å². The van der Waals surface area contributed by atoms with Gasteiger partial charge in [0.05, 0.1) is 13.0 Å². The van der Waals surface area contributed by atoms with Crippen LogP contribution in [-0.4, -0.2) is 37.5 Å². The molecule has 0 saturated heterocycles. The van der Waals surface area contributed by atoms with Crippen molar-refractivity contribution in [2.24, 2.45) is 0 Å². The Balaban J connectivity index is 3.57. The summed E-state index contributed by atoms with van der Waals surface area (Å²) >= 11 is 0. The van der Waals surface area contributed by atoms with E-state index < -0.39 is 0 Å². The maximum atomic E-state index is 11.4. The first-order chi connectivity index (χ1) is 9.10. The second kappa shape index (κ2) is 11.5. The van der Waals surface area contributed by atoms with E-state index in [0.717, 1.165) is 19.3 Å². The predicted molar refractivity (Wildman–Crippen MR) is 71.4 cm³/mol. The van der Waals surface area contributed by atoms with E-state index >= 15 is 0 Å². The van der Waals surface area contributed by atoms with Crippen molar-refractivity contribution in [1.82, 2.24) is 10.6 Å². The molecular weight excluding hydrogens is 248 g/mol. The van der Waals surface area contributed by atoms with E-state index in [1.54, 1.807) is 6.92 Å². The van der Waals surface area contributed by atoms with Crippen molar-refractivity contribution in [2.75, 3.05) is 19.7 Å². The first kappa shape index (κ1) is 17.4. The Hall–Kier alpha value is -1.59. The smallest absolute Gasteiger partial charge is 0.307 e. The second-order valence-corrected chi connectivity index (χ2v) is 4.14. The summed E-state index contributed by atoms with van der Waals surface area (Å²) in [4.78, 5) is 33.7. The van der Waals surface area contributed by atoms with Gasteiger partial charge in [0.2, 0.25) is 11.8 Å². The maximum absolute atomic E-state index is 11.4. The average Bonchev–Trinajstić information content (AvgIpc) is 2.35. The minimum Gasteiger partial charge on any atom is -0.466 e. The minimum atomic E-state index is -0.378. The van der Waals surface area contributed by atoms with E-state index in [-0.39, 0.29) is 37.2 Å². The zero-order valence-electron chi connectivity index (χ0n) is 11.8. The molecule has 0 aliphatic heterocycles. The number of carbonyl (C=O) groups is 3. The minimum absolute atomic E-state index is 0.123. The van der Waals surface area contributed by atoms with Crippen LogP contribution in [0.2, 0.25) is 0 Å². The molecule has 0 aliphatic rings. The van der Waals surface area contributed by atoms with Crippen molar-refractivity contribution in [2.45, 2.75) is 46.0 Å². The molecule has 0 heterocycles. The molecule has 2 N–H and O–H groups in total. The molecule has 0 aromatic carbocycles. The number of hydrogen-bond acceptors (Lipinski definition) is 4. The molecule has 2 amide bonds. The van der Waals surface area contributed by atoms with E-state index in [1.165, 1.54) is 0 Å². The Kier molecular flexibility index (Phi) is 10.5. The molecule has 19 heavy (non-hydrogen) atoms. The van der Waals surface area contributed by atoms with Crippen molar-refractivity contribution >= 4 is 17.8 Å². The van der Waals surface area contributed by atoms with Crippen molar-refractivity contribution in [1.29, 1.82) is 0 Å². The molecule has 0 aliphatic carbocycles. The Morgan fingerprint density at radius 1 is 0.947 bits per heavy atom. The molecule has 0 rings (SSSR count). The topological polar surface area (TPSA) is 84.5 Å². The molecule has 6 nitrogen and oxygen atoms in total. The highest BCUT2D eigenvalue weighted by molar-refractivity contribution is 5.96. The van der Waals surface area contributed by atoms with E-state index in [0.29, 0.717) is 13.2 Å². The third-order valence-electron chi connectivity index (χ3n) is 2.38. The summed E-state index contributed by atoms with van der Waals surface area (Å²) in [5.41, 5.74) is 0. The van der Waals surface area contributed by atoms with Crippen LogP contribution in [0.25, 0.3) is 0 Å². The summed E-state index contributed by atoms with van der Waals surface area (Å²) < 4.78 is 4.71. The Bertz CT molecular complexity index is 292. The normalized spacial score (nSPS) is 9.79. The van der Waals surface area contributed by atoms with Gasteiger partial charge in [0, 0.05) is 13.1 Å². The number of esters is 1. The van der Waals surface area contributed by atoms with Crippen molar-refractivity contribution < 1.29 is 19.1 Å². The fourth-order valence-electron chi connectivity index (χ4n) is 1.41. The molecule has 0 fully saturated rings. The number of unbranched alkanes of at least 4 members (excludes halogenated alkanes) is 2. The van der Waals surface area contributed by atoms with Gasteiger partial charge in [-0.2, -0.15) is 0 Å². The van der Waals surface area contributed by atoms with Crippen LogP contribution in [0.3, 0.4) is 0 Å². The van der Waals surface area contributed by atoms with Crippen molar-refractivity contribution in [3.63, 3.8) is 0 Å². The van der Waals surface area contributed by atoms with Crippen LogP contribution in [0.15, 0.2) is 0 Å². The number of hydrogen-bond donors (Lipinski definition) is 2. The molecule has 0 unspecified atom stereocenters.